The lowest BCUT2D eigenvalue weighted by Gasteiger charge is -2.19. The molecule has 1 amide bonds. The summed E-state index contributed by atoms with van der Waals surface area (Å²) < 4.78 is 2.68. The predicted molar refractivity (Wildman–Crippen MR) is 88.2 cm³/mol. The number of aromatic nitrogens is 2. The van der Waals surface area contributed by atoms with Crippen molar-refractivity contribution in [3.63, 3.8) is 0 Å². The first-order valence-electron chi connectivity index (χ1n) is 8.83. The zero-order valence-corrected chi connectivity index (χ0v) is 13.9. The van der Waals surface area contributed by atoms with Gasteiger partial charge in [-0.25, -0.2) is 14.7 Å². The van der Waals surface area contributed by atoms with E-state index in [1.807, 2.05) is 11.5 Å². The number of hydrogen-bond acceptors (Lipinski definition) is 3. The Hall–Kier alpha value is -1.85. The van der Waals surface area contributed by atoms with Crippen molar-refractivity contribution in [3.05, 3.63) is 22.9 Å². The van der Waals surface area contributed by atoms with Crippen LogP contribution in [-0.2, 0) is 0 Å². The van der Waals surface area contributed by atoms with Gasteiger partial charge in [-0.1, -0.05) is 12.8 Å². The fraction of sp³-hybridized carbons (Fsp3) is 0.706. The van der Waals surface area contributed by atoms with Crippen molar-refractivity contribution in [1.29, 1.82) is 0 Å². The summed E-state index contributed by atoms with van der Waals surface area (Å²) in [4.78, 5) is 12.4. The molecule has 0 aliphatic heterocycles. The van der Waals surface area contributed by atoms with Crippen molar-refractivity contribution < 1.29 is 9.52 Å². The first-order chi connectivity index (χ1) is 11.2. The molecule has 0 atom stereocenters. The lowest BCUT2D eigenvalue weighted by Crippen LogP contribution is -2.36. The van der Waals surface area contributed by atoms with Crippen LogP contribution in [-0.4, -0.2) is 16.2 Å². The molecule has 0 bridgehead atoms. The van der Waals surface area contributed by atoms with Crippen LogP contribution in [0, 0.1) is 12.1 Å². The molecule has 126 valence electrons. The Kier molecular flexibility index (Phi) is 4.98. The Morgan fingerprint density at radius 2 is 1.87 bits per heavy atom. The van der Waals surface area contributed by atoms with Gasteiger partial charge in [-0.3, -0.25) is 4.79 Å². The van der Waals surface area contributed by atoms with Gasteiger partial charge in [0.15, 0.2) is 5.69 Å². The van der Waals surface area contributed by atoms with E-state index < -0.39 is 5.91 Å². The topological polar surface area (TPSA) is 73.3 Å². The maximum Gasteiger partial charge on any atom is 0.315 e. The van der Waals surface area contributed by atoms with E-state index in [0.29, 0.717) is 10.8 Å². The van der Waals surface area contributed by atoms with Gasteiger partial charge in [0.2, 0.25) is 12.0 Å². The summed E-state index contributed by atoms with van der Waals surface area (Å²) in [6, 6.07) is 0.343. The van der Waals surface area contributed by atoms with Crippen LogP contribution in [0.1, 0.15) is 86.4 Å². The third kappa shape index (κ3) is 3.57. The van der Waals surface area contributed by atoms with Crippen LogP contribution in [0.3, 0.4) is 0 Å². The molecule has 6 heteroatoms. The minimum atomic E-state index is -0.398. The third-order valence-electron chi connectivity index (χ3n) is 5.11. The second-order valence-corrected chi connectivity index (χ2v) is 6.75. The molecule has 0 radical (unpaired) electrons. The maximum absolute atomic E-state index is 12.4. The molecule has 0 saturated heterocycles. The van der Waals surface area contributed by atoms with E-state index in [-0.39, 0.29) is 5.69 Å². The molecule has 2 aliphatic rings. The van der Waals surface area contributed by atoms with Gasteiger partial charge in [-0.15, -0.1) is 0 Å². The zero-order chi connectivity index (χ0) is 16.2. The normalized spacial score (nSPS) is 19.6. The van der Waals surface area contributed by atoms with Gasteiger partial charge < -0.3 is 5.21 Å². The van der Waals surface area contributed by atoms with Crippen molar-refractivity contribution in [2.75, 3.05) is 0 Å². The Morgan fingerprint density at radius 3 is 2.57 bits per heavy atom. The lowest BCUT2D eigenvalue weighted by molar-refractivity contribution is -0.607. The Bertz CT molecular complexity index is 592. The molecule has 1 aromatic heterocycles. The summed E-state index contributed by atoms with van der Waals surface area (Å²) >= 11 is 0. The molecule has 1 heterocycles. The highest BCUT2D eigenvalue weighted by Gasteiger charge is 2.28. The van der Waals surface area contributed by atoms with E-state index in [0.717, 1.165) is 49.9 Å². The summed E-state index contributed by atoms with van der Waals surface area (Å²) in [5.74, 6) is -0.398. The number of carbonyl (C=O) groups is 1. The molecule has 2 saturated carbocycles. The van der Waals surface area contributed by atoms with Gasteiger partial charge in [0.05, 0.1) is 0 Å². The SMILES string of the molecule is Cc1c(C(=O)NN=C2CCCCC2)[n+]([O-])cn1C1CCCCC1. The summed E-state index contributed by atoms with van der Waals surface area (Å²) in [7, 11) is 0. The monoisotopic (exact) mass is 318 g/mol. The number of nitrogens with zero attached hydrogens (tertiary/aromatic N) is 3. The summed E-state index contributed by atoms with van der Waals surface area (Å²) in [6.07, 6.45) is 12.7. The molecule has 1 N–H and O–H groups in total. The van der Waals surface area contributed by atoms with Crippen LogP contribution in [0.25, 0.3) is 0 Å². The Labute approximate surface area is 137 Å². The van der Waals surface area contributed by atoms with E-state index in [1.54, 1.807) is 0 Å². The molecule has 3 rings (SSSR count). The number of rotatable bonds is 3. The van der Waals surface area contributed by atoms with Gasteiger partial charge in [0.1, 0.15) is 6.04 Å². The molecule has 0 unspecified atom stereocenters. The Morgan fingerprint density at radius 1 is 1.22 bits per heavy atom. The molecule has 2 fully saturated rings. The summed E-state index contributed by atoms with van der Waals surface area (Å²) in [5.41, 5.74) is 4.54. The first kappa shape index (κ1) is 16.0. The van der Waals surface area contributed by atoms with E-state index in [1.165, 1.54) is 32.0 Å². The van der Waals surface area contributed by atoms with Crippen LogP contribution in [0.15, 0.2) is 11.4 Å². The van der Waals surface area contributed by atoms with Crippen molar-refractivity contribution in [2.24, 2.45) is 5.10 Å². The van der Waals surface area contributed by atoms with E-state index in [2.05, 4.69) is 10.5 Å². The molecule has 0 aromatic carbocycles. The first-order valence-corrected chi connectivity index (χ1v) is 8.83. The fourth-order valence-corrected chi connectivity index (χ4v) is 3.79. The van der Waals surface area contributed by atoms with Gasteiger partial charge in [0, 0.05) is 12.6 Å². The standard InChI is InChI=1S/C17H26N4O2/c1-13-16(17(22)19-18-14-8-4-2-5-9-14)21(23)12-20(13)15-10-6-3-7-11-15/h12,15H,2-11H2,1H3,(H,19,22). The number of hydrazone groups is 1. The van der Waals surface area contributed by atoms with Gasteiger partial charge >= 0.3 is 5.91 Å². The van der Waals surface area contributed by atoms with Crippen LogP contribution in [0.4, 0.5) is 0 Å². The quantitative estimate of drug-likeness (QED) is 0.528. The highest BCUT2D eigenvalue weighted by Crippen LogP contribution is 2.29. The van der Waals surface area contributed by atoms with Crippen molar-refractivity contribution in [1.82, 2.24) is 9.99 Å². The van der Waals surface area contributed by atoms with Crippen LogP contribution >= 0.6 is 0 Å². The average molecular weight is 318 g/mol. The van der Waals surface area contributed by atoms with Crippen LogP contribution in [0.2, 0.25) is 0 Å². The largest absolute Gasteiger partial charge is 0.710 e. The molecular formula is C17H26N4O2. The summed E-state index contributed by atoms with van der Waals surface area (Å²) in [6.45, 7) is 1.85. The molecule has 0 spiro atoms. The molecule has 6 nitrogen and oxygen atoms in total. The Balaban J connectivity index is 1.73. The van der Waals surface area contributed by atoms with Gasteiger partial charge in [0.25, 0.3) is 0 Å². The van der Waals surface area contributed by atoms with E-state index in [9.17, 15) is 10.0 Å². The summed E-state index contributed by atoms with van der Waals surface area (Å²) in [5, 5.41) is 16.4. The van der Waals surface area contributed by atoms with Crippen LogP contribution in [0.5, 0.6) is 0 Å². The minimum Gasteiger partial charge on any atom is -0.710 e. The fourth-order valence-electron chi connectivity index (χ4n) is 3.79. The minimum absolute atomic E-state index is 0.177. The van der Waals surface area contributed by atoms with E-state index >= 15 is 0 Å². The highest BCUT2D eigenvalue weighted by molar-refractivity contribution is 5.93. The number of amides is 1. The average Bonchev–Trinajstić information content (AvgIpc) is 2.89. The lowest BCUT2D eigenvalue weighted by atomic mass is 9.95. The van der Waals surface area contributed by atoms with Crippen molar-refractivity contribution in [3.8, 4) is 0 Å². The number of hydrogen-bond donors (Lipinski definition) is 1. The van der Waals surface area contributed by atoms with E-state index in [4.69, 9.17) is 0 Å². The van der Waals surface area contributed by atoms with Gasteiger partial charge in [-0.05, 0) is 51.4 Å². The van der Waals surface area contributed by atoms with Gasteiger partial charge in [-0.2, -0.15) is 5.10 Å². The molecule has 2 aliphatic carbocycles. The predicted octanol–water partition coefficient (Wildman–Crippen LogP) is 2.99. The van der Waals surface area contributed by atoms with Crippen molar-refractivity contribution in [2.45, 2.75) is 77.2 Å². The second kappa shape index (κ2) is 7.15. The molecule has 23 heavy (non-hydrogen) atoms. The molecule has 1 aromatic rings. The smallest absolute Gasteiger partial charge is 0.315 e. The molecular weight excluding hydrogens is 292 g/mol. The zero-order valence-electron chi connectivity index (χ0n) is 13.9. The second-order valence-electron chi connectivity index (χ2n) is 6.75. The van der Waals surface area contributed by atoms with Crippen LogP contribution < -0.4 is 10.2 Å². The third-order valence-corrected chi connectivity index (χ3v) is 5.11. The highest BCUT2D eigenvalue weighted by atomic mass is 16.5. The van der Waals surface area contributed by atoms with Crippen molar-refractivity contribution >= 4 is 11.6 Å². The number of nitrogens with one attached hydrogen (secondary N) is 1. The number of carbonyl (C=O) groups excluding carboxylic acids is 1. The number of imidazole rings is 1. The maximum atomic E-state index is 12.4.